The van der Waals surface area contributed by atoms with Gasteiger partial charge in [0, 0.05) is 5.56 Å². The Hall–Kier alpha value is -2.17. The van der Waals surface area contributed by atoms with Gasteiger partial charge in [-0.3, -0.25) is 5.10 Å². The molecule has 0 amide bonds. The summed E-state index contributed by atoms with van der Waals surface area (Å²) < 4.78 is 18.5. The lowest BCUT2D eigenvalue weighted by molar-refractivity contribution is 0.0519. The van der Waals surface area contributed by atoms with Gasteiger partial charge in [0.15, 0.2) is 0 Å². The van der Waals surface area contributed by atoms with E-state index in [0.29, 0.717) is 11.3 Å². The van der Waals surface area contributed by atoms with Crippen molar-refractivity contribution < 1.29 is 13.9 Å². The molecule has 0 aliphatic carbocycles. The molecule has 1 N–H and O–H groups in total. The van der Waals surface area contributed by atoms with Crippen molar-refractivity contribution in [1.82, 2.24) is 10.2 Å². The van der Waals surface area contributed by atoms with Gasteiger partial charge in [-0.15, -0.1) is 0 Å². The molecular formula is C13H13FN2O2. The highest BCUT2D eigenvalue weighted by atomic mass is 19.1. The predicted octanol–water partition coefficient (Wildman–Crippen LogP) is 2.70. The number of hydrogen-bond acceptors (Lipinski definition) is 3. The van der Waals surface area contributed by atoms with E-state index in [0.717, 1.165) is 5.56 Å². The number of aromatic amines is 1. The van der Waals surface area contributed by atoms with Gasteiger partial charge in [0.1, 0.15) is 11.5 Å². The minimum absolute atomic E-state index is 0.215. The molecule has 1 aromatic carbocycles. The number of nitrogens with one attached hydrogen (secondary N) is 1. The predicted molar refractivity (Wildman–Crippen MR) is 64.7 cm³/mol. The van der Waals surface area contributed by atoms with Crippen LogP contribution in [0.2, 0.25) is 0 Å². The summed E-state index contributed by atoms with van der Waals surface area (Å²) in [5, 5.41) is 6.45. The van der Waals surface area contributed by atoms with Gasteiger partial charge >= 0.3 is 5.97 Å². The van der Waals surface area contributed by atoms with Crippen LogP contribution in [0, 0.1) is 12.7 Å². The number of carbonyl (C=O) groups excluding carboxylic acids is 1. The van der Waals surface area contributed by atoms with Crippen molar-refractivity contribution in [3.63, 3.8) is 0 Å². The molecule has 0 fully saturated rings. The Kier molecular flexibility index (Phi) is 3.41. The molecular weight excluding hydrogens is 235 g/mol. The van der Waals surface area contributed by atoms with Crippen LogP contribution in [0.15, 0.2) is 24.3 Å². The van der Waals surface area contributed by atoms with E-state index in [-0.39, 0.29) is 18.1 Å². The largest absolute Gasteiger partial charge is 0.461 e. The summed E-state index contributed by atoms with van der Waals surface area (Å²) in [4.78, 5) is 11.4. The van der Waals surface area contributed by atoms with E-state index in [1.54, 1.807) is 26.0 Å². The first-order valence-electron chi connectivity index (χ1n) is 5.61. The Morgan fingerprint density at radius 1 is 1.44 bits per heavy atom. The zero-order chi connectivity index (χ0) is 13.1. The maximum Gasteiger partial charge on any atom is 0.356 e. The summed E-state index contributed by atoms with van der Waals surface area (Å²) in [6, 6.07) is 6.33. The number of benzene rings is 1. The van der Waals surface area contributed by atoms with Gasteiger partial charge in [0.25, 0.3) is 0 Å². The normalized spacial score (nSPS) is 10.4. The molecule has 1 aromatic heterocycles. The fraction of sp³-hybridized carbons (Fsp3) is 0.231. The molecule has 5 heteroatoms. The lowest BCUT2D eigenvalue weighted by atomic mass is 10.1. The first-order chi connectivity index (χ1) is 8.61. The third kappa shape index (κ3) is 2.40. The van der Waals surface area contributed by atoms with Gasteiger partial charge in [0.05, 0.1) is 12.3 Å². The Balaban J connectivity index is 2.32. The smallest absolute Gasteiger partial charge is 0.356 e. The quantitative estimate of drug-likeness (QED) is 0.850. The molecule has 0 aliphatic heterocycles. The maximum absolute atomic E-state index is 13.7. The summed E-state index contributed by atoms with van der Waals surface area (Å²) in [5.41, 5.74) is 1.78. The highest BCUT2D eigenvalue weighted by Crippen LogP contribution is 2.22. The summed E-state index contributed by atoms with van der Waals surface area (Å²) in [7, 11) is 0. The number of aromatic nitrogens is 2. The fourth-order valence-electron chi connectivity index (χ4n) is 1.60. The monoisotopic (exact) mass is 248 g/mol. The average molecular weight is 248 g/mol. The molecule has 0 atom stereocenters. The van der Waals surface area contributed by atoms with Crippen LogP contribution in [0.3, 0.4) is 0 Å². The molecule has 0 bridgehead atoms. The van der Waals surface area contributed by atoms with E-state index >= 15 is 0 Å². The average Bonchev–Trinajstić information content (AvgIpc) is 2.78. The molecule has 2 aromatic rings. The van der Waals surface area contributed by atoms with Crippen molar-refractivity contribution >= 4 is 5.97 Å². The molecule has 18 heavy (non-hydrogen) atoms. The zero-order valence-electron chi connectivity index (χ0n) is 10.2. The molecule has 2 rings (SSSR count). The third-order valence-electron chi connectivity index (χ3n) is 2.47. The van der Waals surface area contributed by atoms with Gasteiger partial charge in [-0.05, 0) is 37.6 Å². The second-order valence-corrected chi connectivity index (χ2v) is 3.87. The Bertz CT molecular complexity index is 578. The Morgan fingerprint density at radius 2 is 2.22 bits per heavy atom. The fourth-order valence-corrected chi connectivity index (χ4v) is 1.60. The number of esters is 1. The molecule has 1 heterocycles. The number of ether oxygens (including phenoxy) is 1. The van der Waals surface area contributed by atoms with Crippen molar-refractivity contribution in [3.05, 3.63) is 41.3 Å². The standard InChI is InChI=1S/C13H13FN2O2/c1-3-18-13(17)12-7-11(15-16-12)9-5-4-8(2)6-10(9)14/h4-7H,3H2,1-2H3,(H,15,16). The number of nitrogens with zero attached hydrogens (tertiary/aromatic N) is 1. The molecule has 0 saturated heterocycles. The van der Waals surface area contributed by atoms with Crippen LogP contribution in [-0.4, -0.2) is 22.8 Å². The summed E-state index contributed by atoms with van der Waals surface area (Å²) >= 11 is 0. The van der Waals surface area contributed by atoms with E-state index in [1.165, 1.54) is 12.1 Å². The summed E-state index contributed by atoms with van der Waals surface area (Å²) in [6.45, 7) is 3.81. The highest BCUT2D eigenvalue weighted by Gasteiger charge is 2.14. The first-order valence-corrected chi connectivity index (χ1v) is 5.61. The lowest BCUT2D eigenvalue weighted by Gasteiger charge is -1.99. The van der Waals surface area contributed by atoms with E-state index in [9.17, 15) is 9.18 Å². The molecule has 0 radical (unpaired) electrons. The SMILES string of the molecule is CCOC(=O)c1cc(-c2ccc(C)cc2F)n[nH]1. The summed E-state index contributed by atoms with van der Waals surface area (Å²) in [5.74, 6) is -0.860. The number of carbonyl (C=O) groups is 1. The van der Waals surface area contributed by atoms with Gasteiger partial charge < -0.3 is 4.74 Å². The molecule has 0 aliphatic rings. The molecule has 0 unspecified atom stereocenters. The van der Waals surface area contributed by atoms with Gasteiger partial charge in [-0.2, -0.15) is 5.10 Å². The zero-order valence-corrected chi connectivity index (χ0v) is 10.2. The number of halogens is 1. The van der Waals surface area contributed by atoms with Crippen LogP contribution in [-0.2, 0) is 4.74 Å². The van der Waals surface area contributed by atoms with E-state index in [2.05, 4.69) is 10.2 Å². The van der Waals surface area contributed by atoms with Crippen molar-refractivity contribution in [2.75, 3.05) is 6.61 Å². The van der Waals surface area contributed by atoms with Crippen LogP contribution in [0.4, 0.5) is 4.39 Å². The number of H-pyrrole nitrogens is 1. The minimum atomic E-state index is -0.497. The first kappa shape index (κ1) is 12.3. The van der Waals surface area contributed by atoms with Crippen molar-refractivity contribution in [3.8, 4) is 11.3 Å². The second kappa shape index (κ2) is 5.00. The Labute approximate surface area is 104 Å². The van der Waals surface area contributed by atoms with Crippen molar-refractivity contribution in [2.24, 2.45) is 0 Å². The molecule has 0 spiro atoms. The van der Waals surface area contributed by atoms with Crippen LogP contribution >= 0.6 is 0 Å². The van der Waals surface area contributed by atoms with Crippen LogP contribution in [0.5, 0.6) is 0 Å². The highest BCUT2D eigenvalue weighted by molar-refractivity contribution is 5.88. The van der Waals surface area contributed by atoms with Gasteiger partial charge in [-0.1, -0.05) is 6.07 Å². The van der Waals surface area contributed by atoms with Crippen molar-refractivity contribution in [2.45, 2.75) is 13.8 Å². The summed E-state index contributed by atoms with van der Waals surface area (Å²) in [6.07, 6.45) is 0. The van der Waals surface area contributed by atoms with Gasteiger partial charge in [-0.25, -0.2) is 9.18 Å². The van der Waals surface area contributed by atoms with E-state index < -0.39 is 5.97 Å². The van der Waals surface area contributed by atoms with Gasteiger partial charge in [0.2, 0.25) is 0 Å². The van der Waals surface area contributed by atoms with E-state index in [4.69, 9.17) is 4.74 Å². The second-order valence-electron chi connectivity index (χ2n) is 3.87. The van der Waals surface area contributed by atoms with Crippen LogP contribution in [0.25, 0.3) is 11.3 Å². The molecule has 94 valence electrons. The number of hydrogen-bond donors (Lipinski definition) is 1. The van der Waals surface area contributed by atoms with Crippen LogP contribution in [0.1, 0.15) is 23.0 Å². The minimum Gasteiger partial charge on any atom is -0.461 e. The number of rotatable bonds is 3. The lowest BCUT2D eigenvalue weighted by Crippen LogP contribution is -2.04. The number of aryl methyl sites for hydroxylation is 1. The van der Waals surface area contributed by atoms with Crippen molar-refractivity contribution in [1.29, 1.82) is 0 Å². The third-order valence-corrected chi connectivity index (χ3v) is 2.47. The maximum atomic E-state index is 13.7. The molecule has 0 saturated carbocycles. The Morgan fingerprint density at radius 3 is 2.89 bits per heavy atom. The van der Waals surface area contributed by atoms with E-state index in [1.807, 2.05) is 0 Å². The topological polar surface area (TPSA) is 55.0 Å². The molecule has 4 nitrogen and oxygen atoms in total. The van der Waals surface area contributed by atoms with Crippen LogP contribution < -0.4 is 0 Å².